The predicted molar refractivity (Wildman–Crippen MR) is 89.3 cm³/mol. The van der Waals surface area contributed by atoms with Crippen LogP contribution in [-0.2, 0) is 16.8 Å². The van der Waals surface area contributed by atoms with Gasteiger partial charge in [-0.15, -0.1) is 0 Å². The summed E-state index contributed by atoms with van der Waals surface area (Å²) in [5, 5.41) is 14.0. The van der Waals surface area contributed by atoms with Gasteiger partial charge in [0.25, 0.3) is 0 Å². The van der Waals surface area contributed by atoms with Gasteiger partial charge in [-0.3, -0.25) is 4.79 Å². The first-order valence-electron chi connectivity index (χ1n) is 8.45. The fourth-order valence-corrected chi connectivity index (χ4v) is 3.66. The van der Waals surface area contributed by atoms with Crippen LogP contribution in [0.15, 0.2) is 30.4 Å². The summed E-state index contributed by atoms with van der Waals surface area (Å²) >= 11 is 0. The van der Waals surface area contributed by atoms with Crippen LogP contribution in [0, 0.1) is 5.92 Å². The number of carbonyl (C=O) groups excluding carboxylic acids is 1. The van der Waals surface area contributed by atoms with Crippen LogP contribution in [0.25, 0.3) is 0 Å². The van der Waals surface area contributed by atoms with Crippen LogP contribution >= 0.6 is 0 Å². The van der Waals surface area contributed by atoms with Gasteiger partial charge in [-0.25, -0.2) is 0 Å². The average molecular weight is 315 g/mol. The number of allylic oxidation sites excluding steroid dienone is 2. The molecule has 0 heterocycles. The summed E-state index contributed by atoms with van der Waals surface area (Å²) in [6, 6.07) is 5.80. The quantitative estimate of drug-likeness (QED) is 0.840. The molecule has 23 heavy (non-hydrogen) atoms. The molecule has 0 bridgehead atoms. The summed E-state index contributed by atoms with van der Waals surface area (Å²) in [7, 11) is 1.65. The van der Waals surface area contributed by atoms with Gasteiger partial charge in [-0.2, -0.15) is 0 Å². The van der Waals surface area contributed by atoms with Crippen molar-refractivity contribution < 1.29 is 14.6 Å². The Hall–Kier alpha value is -1.81. The molecule has 1 amide bonds. The lowest BCUT2D eigenvalue weighted by molar-refractivity contribution is -0.126. The van der Waals surface area contributed by atoms with E-state index in [1.54, 1.807) is 7.11 Å². The highest BCUT2D eigenvalue weighted by atomic mass is 16.5. The Morgan fingerprint density at radius 1 is 1.43 bits per heavy atom. The molecule has 0 aromatic heterocycles. The Bertz CT molecular complexity index is 611. The summed E-state index contributed by atoms with van der Waals surface area (Å²) < 4.78 is 5.27. The van der Waals surface area contributed by atoms with Crippen LogP contribution in [0.2, 0.25) is 0 Å². The van der Waals surface area contributed by atoms with Gasteiger partial charge < -0.3 is 15.2 Å². The number of nitrogens with one attached hydrogen (secondary N) is 1. The monoisotopic (exact) mass is 315 g/mol. The lowest BCUT2D eigenvalue weighted by Crippen LogP contribution is -2.44. The molecule has 2 aliphatic carbocycles. The van der Waals surface area contributed by atoms with Gasteiger partial charge in [0.05, 0.1) is 13.7 Å². The van der Waals surface area contributed by atoms with Crippen LogP contribution in [0.4, 0.5) is 0 Å². The van der Waals surface area contributed by atoms with Crippen LogP contribution in [0.5, 0.6) is 5.75 Å². The van der Waals surface area contributed by atoms with Gasteiger partial charge >= 0.3 is 0 Å². The summed E-state index contributed by atoms with van der Waals surface area (Å²) in [6.45, 7) is 0.283. The number of carbonyl (C=O) groups is 1. The molecule has 0 spiro atoms. The first-order valence-corrected chi connectivity index (χ1v) is 8.45. The molecule has 4 heteroatoms. The Morgan fingerprint density at radius 3 is 3.04 bits per heavy atom. The van der Waals surface area contributed by atoms with Crippen molar-refractivity contribution in [3.63, 3.8) is 0 Å². The maximum Gasteiger partial charge on any atom is 0.223 e. The number of rotatable bonds is 4. The normalized spacial score (nSPS) is 26.4. The van der Waals surface area contributed by atoms with Crippen molar-refractivity contribution in [3.05, 3.63) is 41.5 Å². The second-order valence-electron chi connectivity index (χ2n) is 6.61. The SMILES string of the molecule is COc1ccc2c(c1)CCCC2(O)CNC(=O)C1CC=CCC1. The molecule has 2 atom stereocenters. The minimum absolute atomic E-state index is 0.0440. The van der Waals surface area contributed by atoms with Crippen molar-refractivity contribution >= 4 is 5.91 Å². The maximum absolute atomic E-state index is 12.3. The number of benzene rings is 1. The Labute approximate surface area is 137 Å². The average Bonchev–Trinajstić information content (AvgIpc) is 2.60. The van der Waals surface area contributed by atoms with Gasteiger partial charge in [0.1, 0.15) is 11.4 Å². The smallest absolute Gasteiger partial charge is 0.223 e. The van der Waals surface area contributed by atoms with E-state index in [9.17, 15) is 9.90 Å². The highest BCUT2D eigenvalue weighted by molar-refractivity contribution is 5.79. The molecular weight excluding hydrogens is 290 g/mol. The van der Waals surface area contributed by atoms with Gasteiger partial charge in [-0.05, 0) is 61.8 Å². The molecule has 1 aromatic rings. The first kappa shape index (κ1) is 16.1. The number of methoxy groups -OCH3 is 1. The topological polar surface area (TPSA) is 58.6 Å². The first-order chi connectivity index (χ1) is 11.1. The van der Waals surface area contributed by atoms with Crippen molar-refractivity contribution in [1.29, 1.82) is 0 Å². The molecule has 2 aliphatic rings. The molecule has 4 nitrogen and oxygen atoms in total. The Morgan fingerprint density at radius 2 is 2.30 bits per heavy atom. The van der Waals surface area contributed by atoms with E-state index in [2.05, 4.69) is 17.5 Å². The summed E-state index contributed by atoms with van der Waals surface area (Å²) in [6.07, 6.45) is 9.40. The number of aryl methyl sites for hydroxylation is 1. The van der Waals surface area contributed by atoms with Crippen LogP contribution in [0.1, 0.15) is 43.2 Å². The zero-order valence-corrected chi connectivity index (χ0v) is 13.7. The molecule has 0 radical (unpaired) electrons. The van der Waals surface area contributed by atoms with E-state index >= 15 is 0 Å². The van der Waals surface area contributed by atoms with E-state index in [-0.39, 0.29) is 18.4 Å². The summed E-state index contributed by atoms with van der Waals surface area (Å²) in [5.41, 5.74) is 1.07. The van der Waals surface area contributed by atoms with Crippen molar-refractivity contribution in [2.24, 2.45) is 5.92 Å². The summed E-state index contributed by atoms with van der Waals surface area (Å²) in [4.78, 5) is 12.3. The third-order valence-corrected chi connectivity index (χ3v) is 5.05. The molecule has 0 saturated carbocycles. The molecule has 0 aliphatic heterocycles. The van der Waals surface area contributed by atoms with Gasteiger partial charge in [0.15, 0.2) is 0 Å². The van der Waals surface area contributed by atoms with Crippen molar-refractivity contribution in [1.82, 2.24) is 5.32 Å². The molecule has 1 aromatic carbocycles. The molecule has 0 saturated heterocycles. The second kappa shape index (κ2) is 6.75. The fourth-order valence-electron chi connectivity index (χ4n) is 3.66. The highest BCUT2D eigenvalue weighted by Gasteiger charge is 2.35. The third kappa shape index (κ3) is 3.42. The van der Waals surface area contributed by atoms with Crippen LogP contribution in [-0.4, -0.2) is 24.7 Å². The fraction of sp³-hybridized carbons (Fsp3) is 0.526. The van der Waals surface area contributed by atoms with E-state index in [0.717, 1.165) is 49.0 Å². The number of hydrogen-bond acceptors (Lipinski definition) is 3. The lowest BCUT2D eigenvalue weighted by atomic mass is 9.79. The van der Waals surface area contributed by atoms with Gasteiger partial charge in [0, 0.05) is 5.92 Å². The Balaban J connectivity index is 1.70. The van der Waals surface area contributed by atoms with Crippen molar-refractivity contribution in [2.75, 3.05) is 13.7 Å². The van der Waals surface area contributed by atoms with E-state index in [4.69, 9.17) is 4.74 Å². The lowest BCUT2D eigenvalue weighted by Gasteiger charge is -2.35. The number of ether oxygens (including phenoxy) is 1. The standard InChI is InChI=1S/C19H25NO3/c1-23-16-9-10-17-15(12-16)8-5-11-19(17,22)13-20-18(21)14-6-3-2-4-7-14/h2-3,9-10,12,14,22H,4-8,11,13H2,1H3,(H,20,21). The molecule has 2 N–H and O–H groups in total. The number of aliphatic hydroxyl groups is 1. The predicted octanol–water partition coefficient (Wildman–Crippen LogP) is 2.69. The Kier molecular flexibility index (Phi) is 4.71. The zero-order chi connectivity index (χ0) is 16.3. The molecule has 0 fully saturated rings. The molecular formula is C19H25NO3. The number of amides is 1. The van der Waals surface area contributed by atoms with E-state index in [1.165, 1.54) is 0 Å². The zero-order valence-electron chi connectivity index (χ0n) is 13.7. The van der Waals surface area contributed by atoms with E-state index < -0.39 is 5.60 Å². The minimum Gasteiger partial charge on any atom is -0.497 e. The van der Waals surface area contributed by atoms with Crippen LogP contribution < -0.4 is 10.1 Å². The molecule has 3 rings (SSSR count). The van der Waals surface area contributed by atoms with Crippen LogP contribution in [0.3, 0.4) is 0 Å². The van der Waals surface area contributed by atoms with Crippen molar-refractivity contribution in [2.45, 2.75) is 44.1 Å². The molecule has 124 valence electrons. The second-order valence-corrected chi connectivity index (χ2v) is 6.61. The van der Waals surface area contributed by atoms with E-state index in [1.807, 2.05) is 18.2 Å². The number of hydrogen-bond donors (Lipinski definition) is 2. The minimum atomic E-state index is -0.972. The number of fused-ring (bicyclic) bond motifs is 1. The maximum atomic E-state index is 12.3. The molecule has 2 unspecified atom stereocenters. The third-order valence-electron chi connectivity index (χ3n) is 5.05. The summed E-state index contributed by atoms with van der Waals surface area (Å²) in [5.74, 6) is 0.914. The highest BCUT2D eigenvalue weighted by Crippen LogP contribution is 2.36. The van der Waals surface area contributed by atoms with E-state index in [0.29, 0.717) is 6.42 Å². The largest absolute Gasteiger partial charge is 0.497 e. The van der Waals surface area contributed by atoms with Gasteiger partial charge in [0.2, 0.25) is 5.91 Å². The van der Waals surface area contributed by atoms with Crippen molar-refractivity contribution in [3.8, 4) is 5.75 Å². The van der Waals surface area contributed by atoms with Gasteiger partial charge in [-0.1, -0.05) is 18.2 Å².